The van der Waals surface area contributed by atoms with E-state index in [0.29, 0.717) is 12.5 Å². The molecule has 1 aromatic rings. The molecule has 0 saturated heterocycles. The van der Waals surface area contributed by atoms with Crippen molar-refractivity contribution >= 4 is 17.5 Å². The summed E-state index contributed by atoms with van der Waals surface area (Å²) in [4.78, 5) is 26.0. The quantitative estimate of drug-likeness (QED) is 0.874. The predicted octanol–water partition coefficient (Wildman–Crippen LogP) is 3.40. The smallest absolute Gasteiger partial charge is 0.227 e. The number of aryl methyl sites for hydroxylation is 1. The Morgan fingerprint density at radius 2 is 2.04 bits per heavy atom. The van der Waals surface area contributed by atoms with E-state index < -0.39 is 0 Å². The lowest BCUT2D eigenvalue weighted by Crippen LogP contribution is -2.36. The lowest BCUT2D eigenvalue weighted by molar-refractivity contribution is -0.125. The molecule has 1 aliphatic heterocycles. The molecule has 0 aromatic heterocycles. The number of benzene rings is 1. The molecule has 1 heterocycles. The zero-order valence-electron chi connectivity index (χ0n) is 14.5. The van der Waals surface area contributed by atoms with Crippen molar-refractivity contribution in [2.24, 2.45) is 0 Å². The lowest BCUT2D eigenvalue weighted by atomic mass is 9.94. The fourth-order valence-electron chi connectivity index (χ4n) is 2.94. The van der Waals surface area contributed by atoms with Crippen molar-refractivity contribution < 1.29 is 9.59 Å². The van der Waals surface area contributed by atoms with Gasteiger partial charge in [0.25, 0.3) is 0 Å². The first-order valence-corrected chi connectivity index (χ1v) is 8.72. The second-order valence-corrected chi connectivity index (χ2v) is 6.54. The third kappa shape index (κ3) is 4.57. The van der Waals surface area contributed by atoms with E-state index in [1.54, 1.807) is 0 Å². The van der Waals surface area contributed by atoms with Crippen LogP contribution in [0.4, 0.5) is 5.69 Å². The minimum absolute atomic E-state index is 0.0346. The van der Waals surface area contributed by atoms with Gasteiger partial charge in [-0.1, -0.05) is 32.9 Å². The number of hydrogen-bond acceptors (Lipinski definition) is 2. The van der Waals surface area contributed by atoms with Gasteiger partial charge in [-0.3, -0.25) is 9.59 Å². The van der Waals surface area contributed by atoms with E-state index in [4.69, 9.17) is 0 Å². The maximum atomic E-state index is 12.5. The van der Waals surface area contributed by atoms with E-state index in [0.717, 1.165) is 31.5 Å². The fourth-order valence-corrected chi connectivity index (χ4v) is 2.94. The van der Waals surface area contributed by atoms with Crippen LogP contribution in [0.5, 0.6) is 0 Å². The van der Waals surface area contributed by atoms with Gasteiger partial charge in [0.1, 0.15) is 0 Å². The van der Waals surface area contributed by atoms with Crippen molar-refractivity contribution in [2.45, 2.75) is 58.8 Å². The molecule has 0 fully saturated rings. The van der Waals surface area contributed by atoms with Crippen LogP contribution >= 0.6 is 0 Å². The maximum absolute atomic E-state index is 12.5. The number of carbonyl (C=O) groups excluding carboxylic acids is 2. The third-order valence-electron chi connectivity index (χ3n) is 4.33. The minimum atomic E-state index is -0.0346. The third-order valence-corrected chi connectivity index (χ3v) is 4.33. The van der Waals surface area contributed by atoms with Gasteiger partial charge in [0.2, 0.25) is 11.8 Å². The molecule has 0 unspecified atom stereocenters. The number of rotatable bonds is 6. The molecule has 4 heteroatoms. The Bertz CT molecular complexity index is 566. The van der Waals surface area contributed by atoms with Crippen LogP contribution in [0, 0.1) is 0 Å². The second-order valence-electron chi connectivity index (χ2n) is 6.54. The largest absolute Gasteiger partial charge is 0.356 e. The number of anilines is 1. The Balaban J connectivity index is 2.02. The Labute approximate surface area is 139 Å². The van der Waals surface area contributed by atoms with Gasteiger partial charge in [-0.2, -0.15) is 0 Å². The van der Waals surface area contributed by atoms with Crippen molar-refractivity contribution in [3.05, 3.63) is 29.3 Å². The molecule has 0 saturated carbocycles. The summed E-state index contributed by atoms with van der Waals surface area (Å²) >= 11 is 0. The van der Waals surface area contributed by atoms with Crippen LogP contribution in [0.25, 0.3) is 0 Å². The van der Waals surface area contributed by atoms with Crippen molar-refractivity contribution in [1.29, 1.82) is 0 Å². The van der Waals surface area contributed by atoms with Gasteiger partial charge in [0.05, 0.1) is 0 Å². The molecule has 2 amide bonds. The molecule has 23 heavy (non-hydrogen) atoms. The highest BCUT2D eigenvalue weighted by molar-refractivity contribution is 5.96. The molecule has 0 radical (unpaired) electrons. The topological polar surface area (TPSA) is 49.4 Å². The second kappa shape index (κ2) is 8.14. The lowest BCUT2D eigenvalue weighted by Gasteiger charge is -2.30. The van der Waals surface area contributed by atoms with E-state index in [1.165, 1.54) is 11.1 Å². The van der Waals surface area contributed by atoms with Gasteiger partial charge < -0.3 is 10.2 Å². The number of amides is 2. The van der Waals surface area contributed by atoms with E-state index in [9.17, 15) is 9.59 Å². The molecule has 4 nitrogen and oxygen atoms in total. The Kier molecular flexibility index (Phi) is 6.20. The molecular formula is C19H28N2O2. The normalized spacial score (nSPS) is 13.8. The summed E-state index contributed by atoms with van der Waals surface area (Å²) in [6.07, 6.45) is 3.48. The van der Waals surface area contributed by atoms with Crippen LogP contribution in [-0.4, -0.2) is 24.9 Å². The van der Waals surface area contributed by atoms with Crippen molar-refractivity contribution in [3.8, 4) is 0 Å². The van der Waals surface area contributed by atoms with Crippen LogP contribution in [0.2, 0.25) is 0 Å². The average molecular weight is 316 g/mol. The summed E-state index contributed by atoms with van der Waals surface area (Å²) in [7, 11) is 0. The van der Waals surface area contributed by atoms with E-state index in [-0.39, 0.29) is 24.7 Å². The number of nitrogens with one attached hydrogen (secondary N) is 1. The highest BCUT2D eigenvalue weighted by Gasteiger charge is 2.23. The van der Waals surface area contributed by atoms with Crippen LogP contribution in [0.15, 0.2) is 18.2 Å². The van der Waals surface area contributed by atoms with E-state index in [1.807, 2.05) is 11.8 Å². The van der Waals surface area contributed by atoms with Gasteiger partial charge in [-0.05, 0) is 42.4 Å². The average Bonchev–Trinajstić information content (AvgIpc) is 2.56. The van der Waals surface area contributed by atoms with Crippen LogP contribution in [0.1, 0.15) is 63.5 Å². The van der Waals surface area contributed by atoms with E-state index in [2.05, 4.69) is 37.4 Å². The Hall–Kier alpha value is -1.84. The van der Waals surface area contributed by atoms with E-state index >= 15 is 0 Å². The molecule has 126 valence electrons. The number of hydrogen-bond donors (Lipinski definition) is 1. The summed E-state index contributed by atoms with van der Waals surface area (Å²) in [5.41, 5.74) is 3.60. The molecule has 2 rings (SSSR count). The molecule has 1 aromatic carbocycles. The fraction of sp³-hybridized carbons (Fsp3) is 0.579. The molecule has 0 spiro atoms. The van der Waals surface area contributed by atoms with Gasteiger partial charge in [0, 0.05) is 31.6 Å². The first kappa shape index (κ1) is 17.5. The number of nitrogens with zero attached hydrogens (tertiary/aromatic N) is 1. The van der Waals surface area contributed by atoms with Crippen molar-refractivity contribution in [2.75, 3.05) is 18.0 Å². The SMILES string of the molecule is CCCNC(=O)CCC(=O)N1CCCc2cc(C(C)C)ccc21. The number of fused-ring (bicyclic) bond motifs is 1. The monoisotopic (exact) mass is 316 g/mol. The van der Waals surface area contributed by atoms with Gasteiger partial charge in [-0.25, -0.2) is 0 Å². The van der Waals surface area contributed by atoms with Crippen molar-refractivity contribution in [1.82, 2.24) is 5.32 Å². The maximum Gasteiger partial charge on any atom is 0.227 e. The summed E-state index contributed by atoms with van der Waals surface area (Å²) in [6, 6.07) is 6.41. The molecular weight excluding hydrogens is 288 g/mol. The first-order chi connectivity index (χ1) is 11.0. The molecule has 0 atom stereocenters. The highest BCUT2D eigenvalue weighted by atomic mass is 16.2. The first-order valence-electron chi connectivity index (χ1n) is 8.72. The Morgan fingerprint density at radius 3 is 2.74 bits per heavy atom. The molecule has 0 aliphatic carbocycles. The van der Waals surface area contributed by atoms with Crippen LogP contribution in [0.3, 0.4) is 0 Å². The molecule has 1 N–H and O–H groups in total. The minimum Gasteiger partial charge on any atom is -0.356 e. The van der Waals surface area contributed by atoms with Crippen LogP contribution < -0.4 is 10.2 Å². The van der Waals surface area contributed by atoms with Gasteiger partial charge in [-0.15, -0.1) is 0 Å². The zero-order valence-corrected chi connectivity index (χ0v) is 14.5. The molecule has 1 aliphatic rings. The highest BCUT2D eigenvalue weighted by Crippen LogP contribution is 2.30. The van der Waals surface area contributed by atoms with Crippen LogP contribution in [-0.2, 0) is 16.0 Å². The summed E-state index contributed by atoms with van der Waals surface area (Å²) in [6.45, 7) is 7.81. The van der Waals surface area contributed by atoms with Crippen molar-refractivity contribution in [3.63, 3.8) is 0 Å². The molecule has 0 bridgehead atoms. The van der Waals surface area contributed by atoms with Gasteiger partial charge in [0.15, 0.2) is 0 Å². The zero-order chi connectivity index (χ0) is 16.8. The predicted molar refractivity (Wildman–Crippen MR) is 93.7 cm³/mol. The van der Waals surface area contributed by atoms with Gasteiger partial charge >= 0.3 is 0 Å². The Morgan fingerprint density at radius 1 is 1.26 bits per heavy atom. The standard InChI is InChI=1S/C19H28N2O2/c1-4-11-20-18(22)9-10-19(23)21-12-5-6-16-13-15(14(2)3)7-8-17(16)21/h7-8,13-14H,4-6,9-12H2,1-3H3,(H,20,22). The number of carbonyl (C=O) groups is 2. The summed E-state index contributed by atoms with van der Waals surface area (Å²) < 4.78 is 0. The summed E-state index contributed by atoms with van der Waals surface area (Å²) in [5.74, 6) is 0.510. The summed E-state index contributed by atoms with van der Waals surface area (Å²) in [5, 5.41) is 2.82.